The molecule has 0 fully saturated rings. The molecule has 4 heteroatoms. The third-order valence-electron chi connectivity index (χ3n) is 4.60. The lowest BCUT2D eigenvalue weighted by atomic mass is 9.91. The predicted molar refractivity (Wildman–Crippen MR) is 95.6 cm³/mol. The van der Waals surface area contributed by atoms with Crippen LogP contribution in [0.2, 0.25) is 0 Å². The van der Waals surface area contributed by atoms with Crippen LogP contribution in [0.1, 0.15) is 34.5 Å². The van der Waals surface area contributed by atoms with Gasteiger partial charge in [0.1, 0.15) is 5.69 Å². The van der Waals surface area contributed by atoms with E-state index in [1.807, 2.05) is 30.3 Å². The van der Waals surface area contributed by atoms with Crippen molar-refractivity contribution in [2.75, 3.05) is 5.32 Å². The first kappa shape index (κ1) is 14.7. The van der Waals surface area contributed by atoms with Crippen LogP contribution in [-0.4, -0.2) is 10.9 Å². The van der Waals surface area contributed by atoms with Crippen molar-refractivity contribution in [2.45, 2.75) is 25.7 Å². The largest absolute Gasteiger partial charge is 0.321 e. The topological polar surface area (TPSA) is 62.0 Å². The van der Waals surface area contributed by atoms with Crippen LogP contribution in [0.5, 0.6) is 0 Å². The number of pyridine rings is 1. The molecule has 0 unspecified atom stereocenters. The van der Waals surface area contributed by atoms with Crippen molar-refractivity contribution < 1.29 is 4.79 Å². The average molecular weight is 318 g/mol. The maximum atomic E-state index is 12.5. The first-order valence-electron chi connectivity index (χ1n) is 8.26. The summed E-state index contributed by atoms with van der Waals surface area (Å²) in [5.41, 5.74) is 3.49. The quantitative estimate of drug-likeness (QED) is 0.757. The van der Waals surface area contributed by atoms with E-state index >= 15 is 0 Å². The molecule has 4 rings (SSSR count). The van der Waals surface area contributed by atoms with Crippen LogP contribution in [0, 0.1) is 0 Å². The number of carbonyl (C=O) groups excluding carboxylic acids is 1. The van der Waals surface area contributed by atoms with Gasteiger partial charge in [-0.2, -0.15) is 0 Å². The van der Waals surface area contributed by atoms with Gasteiger partial charge < -0.3 is 10.3 Å². The molecule has 0 radical (unpaired) electrons. The molecule has 4 nitrogen and oxygen atoms in total. The maximum Gasteiger partial charge on any atom is 0.272 e. The number of hydrogen-bond acceptors (Lipinski definition) is 2. The number of carbonyl (C=O) groups is 1. The molecular weight excluding hydrogens is 300 g/mol. The SMILES string of the molecule is O=C(Nc1ccc2c(c1)CCCC2)c1cc2ccccc2c(=O)[nH]1. The van der Waals surface area contributed by atoms with Gasteiger partial charge in [0.05, 0.1) is 0 Å². The lowest BCUT2D eigenvalue weighted by molar-refractivity contribution is 0.102. The number of aryl methyl sites for hydroxylation is 2. The second-order valence-corrected chi connectivity index (χ2v) is 6.24. The molecule has 1 aliphatic rings. The van der Waals surface area contributed by atoms with Crippen LogP contribution in [-0.2, 0) is 12.8 Å². The van der Waals surface area contributed by atoms with Gasteiger partial charge in [0.2, 0.25) is 0 Å². The highest BCUT2D eigenvalue weighted by Crippen LogP contribution is 2.24. The van der Waals surface area contributed by atoms with Crippen LogP contribution in [0.4, 0.5) is 5.69 Å². The highest BCUT2D eigenvalue weighted by molar-refractivity contribution is 6.04. The Kier molecular flexibility index (Phi) is 3.65. The van der Waals surface area contributed by atoms with Crippen molar-refractivity contribution in [3.8, 4) is 0 Å². The first-order chi connectivity index (χ1) is 11.7. The van der Waals surface area contributed by atoms with Crippen molar-refractivity contribution >= 4 is 22.4 Å². The monoisotopic (exact) mass is 318 g/mol. The standard InChI is InChI=1S/C20H18N2O2/c23-19-17-8-4-3-7-15(17)12-18(22-19)20(24)21-16-10-9-13-5-1-2-6-14(13)11-16/h3-4,7-12H,1-2,5-6H2,(H,21,24)(H,22,23). The summed E-state index contributed by atoms with van der Waals surface area (Å²) in [6.07, 6.45) is 4.60. The van der Waals surface area contributed by atoms with Crippen molar-refractivity contribution in [3.63, 3.8) is 0 Å². The molecule has 2 aromatic carbocycles. The van der Waals surface area contributed by atoms with E-state index in [0.717, 1.165) is 23.9 Å². The Morgan fingerprint density at radius 3 is 2.62 bits per heavy atom. The van der Waals surface area contributed by atoms with Gasteiger partial charge in [-0.3, -0.25) is 9.59 Å². The molecule has 1 heterocycles. The number of hydrogen-bond donors (Lipinski definition) is 2. The summed E-state index contributed by atoms with van der Waals surface area (Å²) < 4.78 is 0. The molecule has 24 heavy (non-hydrogen) atoms. The summed E-state index contributed by atoms with van der Waals surface area (Å²) in [5.74, 6) is -0.298. The van der Waals surface area contributed by atoms with E-state index in [2.05, 4.69) is 16.4 Å². The lowest BCUT2D eigenvalue weighted by Crippen LogP contribution is -2.19. The number of aromatic amines is 1. The van der Waals surface area contributed by atoms with E-state index in [1.54, 1.807) is 12.1 Å². The third kappa shape index (κ3) is 2.71. The van der Waals surface area contributed by atoms with E-state index in [4.69, 9.17) is 0 Å². The fourth-order valence-corrected chi connectivity index (χ4v) is 3.34. The number of rotatable bonds is 2. The maximum absolute atomic E-state index is 12.5. The van der Waals surface area contributed by atoms with Gasteiger partial charge in [-0.1, -0.05) is 24.3 Å². The summed E-state index contributed by atoms with van der Waals surface area (Å²) in [4.78, 5) is 27.3. The zero-order valence-electron chi connectivity index (χ0n) is 13.3. The van der Waals surface area contributed by atoms with Gasteiger partial charge in [0.15, 0.2) is 0 Å². The summed E-state index contributed by atoms with van der Waals surface area (Å²) in [5, 5.41) is 4.24. The van der Waals surface area contributed by atoms with Crippen LogP contribution in [0.15, 0.2) is 53.3 Å². The number of anilines is 1. The third-order valence-corrected chi connectivity index (χ3v) is 4.60. The first-order valence-corrected chi connectivity index (χ1v) is 8.26. The number of H-pyrrole nitrogens is 1. The normalized spacial score (nSPS) is 13.5. The van der Waals surface area contributed by atoms with E-state index in [0.29, 0.717) is 5.39 Å². The summed E-state index contributed by atoms with van der Waals surface area (Å²) in [6, 6.07) is 15.0. The van der Waals surface area contributed by atoms with Gasteiger partial charge in [0.25, 0.3) is 11.5 Å². The zero-order valence-corrected chi connectivity index (χ0v) is 13.3. The Labute approximate surface area is 139 Å². The second-order valence-electron chi connectivity index (χ2n) is 6.24. The minimum atomic E-state index is -0.298. The summed E-state index contributed by atoms with van der Waals surface area (Å²) >= 11 is 0. The molecule has 1 amide bonds. The molecular formula is C20H18N2O2. The van der Waals surface area contributed by atoms with Gasteiger partial charge in [-0.05, 0) is 66.5 Å². The van der Waals surface area contributed by atoms with E-state index in [1.165, 1.54) is 24.0 Å². The minimum absolute atomic E-state index is 0.247. The van der Waals surface area contributed by atoms with Crippen molar-refractivity contribution in [3.05, 3.63) is 75.7 Å². The zero-order chi connectivity index (χ0) is 16.5. The number of fused-ring (bicyclic) bond motifs is 2. The molecule has 2 N–H and O–H groups in total. The fraction of sp³-hybridized carbons (Fsp3) is 0.200. The number of benzene rings is 2. The predicted octanol–water partition coefficient (Wildman–Crippen LogP) is 3.66. The van der Waals surface area contributed by atoms with E-state index in [-0.39, 0.29) is 17.2 Å². The van der Waals surface area contributed by atoms with E-state index < -0.39 is 0 Å². The van der Waals surface area contributed by atoms with Crippen LogP contribution >= 0.6 is 0 Å². The fourth-order valence-electron chi connectivity index (χ4n) is 3.34. The number of amides is 1. The van der Waals surface area contributed by atoms with Crippen molar-refractivity contribution in [2.24, 2.45) is 0 Å². The van der Waals surface area contributed by atoms with Gasteiger partial charge in [-0.25, -0.2) is 0 Å². The molecule has 3 aromatic rings. The second kappa shape index (κ2) is 5.96. The molecule has 0 atom stereocenters. The molecule has 0 saturated carbocycles. The minimum Gasteiger partial charge on any atom is -0.321 e. The Balaban J connectivity index is 1.63. The summed E-state index contributed by atoms with van der Waals surface area (Å²) in [6.45, 7) is 0. The lowest BCUT2D eigenvalue weighted by Gasteiger charge is -2.16. The Hall–Kier alpha value is -2.88. The Morgan fingerprint density at radius 1 is 0.958 bits per heavy atom. The molecule has 1 aromatic heterocycles. The van der Waals surface area contributed by atoms with Gasteiger partial charge in [-0.15, -0.1) is 0 Å². The number of nitrogens with one attached hydrogen (secondary N) is 2. The molecule has 1 aliphatic carbocycles. The summed E-state index contributed by atoms with van der Waals surface area (Å²) in [7, 11) is 0. The molecule has 0 aliphatic heterocycles. The smallest absolute Gasteiger partial charge is 0.272 e. The molecule has 0 saturated heterocycles. The Morgan fingerprint density at radius 2 is 1.75 bits per heavy atom. The average Bonchev–Trinajstić information content (AvgIpc) is 2.61. The highest BCUT2D eigenvalue weighted by atomic mass is 16.2. The molecule has 0 spiro atoms. The van der Waals surface area contributed by atoms with Gasteiger partial charge >= 0.3 is 0 Å². The van der Waals surface area contributed by atoms with Crippen molar-refractivity contribution in [1.29, 1.82) is 0 Å². The van der Waals surface area contributed by atoms with Crippen LogP contribution in [0.3, 0.4) is 0 Å². The van der Waals surface area contributed by atoms with Crippen LogP contribution < -0.4 is 10.9 Å². The Bertz CT molecular complexity index is 988. The molecule has 120 valence electrons. The molecule has 0 bridgehead atoms. The van der Waals surface area contributed by atoms with E-state index in [9.17, 15) is 9.59 Å². The van der Waals surface area contributed by atoms with Crippen molar-refractivity contribution in [1.82, 2.24) is 4.98 Å². The van der Waals surface area contributed by atoms with Gasteiger partial charge in [0, 0.05) is 11.1 Å². The van der Waals surface area contributed by atoms with Crippen LogP contribution in [0.25, 0.3) is 10.8 Å². The highest BCUT2D eigenvalue weighted by Gasteiger charge is 2.13. The number of aromatic nitrogens is 1.